The van der Waals surface area contributed by atoms with Gasteiger partial charge < -0.3 is 5.11 Å². The highest BCUT2D eigenvalue weighted by atomic mass is 16.4. The molecular weight excluding hydrogens is 156 g/mol. The molecule has 0 heterocycles. The van der Waals surface area contributed by atoms with Gasteiger partial charge in [-0.15, -0.1) is 0 Å². The standard InChI is InChI=1S/C9H14O3/c1-6(2)7(10)9(8(11)12)4-3-5-9/h6H,3-5H2,1-2H3,(H,11,12). The Morgan fingerprint density at radius 3 is 1.92 bits per heavy atom. The Labute approximate surface area is 71.8 Å². The average molecular weight is 170 g/mol. The highest BCUT2D eigenvalue weighted by Gasteiger charge is 2.51. The summed E-state index contributed by atoms with van der Waals surface area (Å²) in [6, 6.07) is 0. The third-order valence-electron chi connectivity index (χ3n) is 2.61. The second-order valence-electron chi connectivity index (χ2n) is 3.76. The number of ketones is 1. The smallest absolute Gasteiger partial charge is 0.317 e. The molecule has 0 unspecified atom stereocenters. The van der Waals surface area contributed by atoms with Crippen LogP contribution in [0, 0.1) is 11.3 Å². The van der Waals surface area contributed by atoms with Gasteiger partial charge in [0.25, 0.3) is 0 Å². The van der Waals surface area contributed by atoms with E-state index >= 15 is 0 Å². The molecule has 1 aliphatic carbocycles. The lowest BCUT2D eigenvalue weighted by atomic mass is 9.64. The topological polar surface area (TPSA) is 54.4 Å². The Morgan fingerprint density at radius 2 is 1.83 bits per heavy atom. The summed E-state index contributed by atoms with van der Waals surface area (Å²) in [6.45, 7) is 3.51. The Kier molecular flexibility index (Phi) is 2.22. The molecule has 1 N–H and O–H groups in total. The molecule has 0 aromatic carbocycles. The van der Waals surface area contributed by atoms with Gasteiger partial charge in [0, 0.05) is 5.92 Å². The number of carboxylic acid groups (broad SMARTS) is 1. The lowest BCUT2D eigenvalue weighted by Gasteiger charge is -2.37. The number of aliphatic carboxylic acids is 1. The monoisotopic (exact) mass is 170 g/mol. The zero-order valence-electron chi connectivity index (χ0n) is 7.46. The van der Waals surface area contributed by atoms with E-state index in [4.69, 9.17) is 5.11 Å². The van der Waals surface area contributed by atoms with Crippen LogP contribution < -0.4 is 0 Å². The van der Waals surface area contributed by atoms with E-state index in [0.717, 1.165) is 6.42 Å². The summed E-state index contributed by atoms with van der Waals surface area (Å²) in [6.07, 6.45) is 1.92. The first-order valence-electron chi connectivity index (χ1n) is 4.28. The quantitative estimate of drug-likeness (QED) is 0.652. The van der Waals surface area contributed by atoms with Crippen LogP contribution in [0.25, 0.3) is 0 Å². The van der Waals surface area contributed by atoms with E-state index in [1.165, 1.54) is 0 Å². The van der Waals surface area contributed by atoms with Crippen molar-refractivity contribution in [2.75, 3.05) is 0 Å². The van der Waals surface area contributed by atoms with E-state index in [2.05, 4.69) is 0 Å². The molecule has 3 nitrogen and oxygen atoms in total. The minimum Gasteiger partial charge on any atom is -0.480 e. The largest absolute Gasteiger partial charge is 0.480 e. The Bertz CT molecular complexity index is 214. The van der Waals surface area contributed by atoms with Crippen LogP contribution in [0.4, 0.5) is 0 Å². The Hall–Kier alpha value is -0.860. The van der Waals surface area contributed by atoms with Crippen molar-refractivity contribution >= 4 is 11.8 Å². The molecule has 0 saturated heterocycles. The van der Waals surface area contributed by atoms with Crippen LogP contribution in [0.5, 0.6) is 0 Å². The lowest BCUT2D eigenvalue weighted by Crippen LogP contribution is -2.47. The fourth-order valence-electron chi connectivity index (χ4n) is 1.65. The van der Waals surface area contributed by atoms with Crippen molar-refractivity contribution in [1.82, 2.24) is 0 Å². The summed E-state index contributed by atoms with van der Waals surface area (Å²) < 4.78 is 0. The molecule has 12 heavy (non-hydrogen) atoms. The lowest BCUT2D eigenvalue weighted by molar-refractivity contribution is -0.162. The maximum Gasteiger partial charge on any atom is 0.317 e. The first kappa shape index (κ1) is 9.23. The van der Waals surface area contributed by atoms with Crippen molar-refractivity contribution < 1.29 is 14.7 Å². The van der Waals surface area contributed by atoms with Gasteiger partial charge in [-0.3, -0.25) is 9.59 Å². The average Bonchev–Trinajstić information content (AvgIpc) is 1.83. The second-order valence-corrected chi connectivity index (χ2v) is 3.76. The minimum atomic E-state index is -1.02. The number of carboxylic acids is 1. The van der Waals surface area contributed by atoms with Crippen molar-refractivity contribution in [2.24, 2.45) is 11.3 Å². The maximum atomic E-state index is 11.5. The van der Waals surface area contributed by atoms with E-state index in [9.17, 15) is 9.59 Å². The first-order valence-corrected chi connectivity index (χ1v) is 4.28. The third-order valence-corrected chi connectivity index (χ3v) is 2.61. The molecule has 1 saturated carbocycles. The number of carbonyl (C=O) groups excluding carboxylic acids is 1. The van der Waals surface area contributed by atoms with Crippen LogP contribution in [-0.2, 0) is 9.59 Å². The van der Waals surface area contributed by atoms with Gasteiger partial charge in [-0.2, -0.15) is 0 Å². The third kappa shape index (κ3) is 1.13. The van der Waals surface area contributed by atoms with Gasteiger partial charge in [-0.05, 0) is 12.8 Å². The molecule has 0 amide bonds. The zero-order chi connectivity index (χ0) is 9.35. The van der Waals surface area contributed by atoms with Crippen LogP contribution in [0.3, 0.4) is 0 Å². The van der Waals surface area contributed by atoms with Gasteiger partial charge in [0.1, 0.15) is 5.41 Å². The van der Waals surface area contributed by atoms with Gasteiger partial charge in [0.15, 0.2) is 5.78 Å². The van der Waals surface area contributed by atoms with Crippen LogP contribution in [-0.4, -0.2) is 16.9 Å². The van der Waals surface area contributed by atoms with Crippen molar-refractivity contribution in [3.63, 3.8) is 0 Å². The zero-order valence-corrected chi connectivity index (χ0v) is 7.46. The SMILES string of the molecule is CC(C)C(=O)C1(C(=O)O)CCC1. The van der Waals surface area contributed by atoms with E-state index < -0.39 is 11.4 Å². The molecule has 0 radical (unpaired) electrons. The predicted octanol–water partition coefficient (Wildman–Crippen LogP) is 1.47. The highest BCUT2D eigenvalue weighted by molar-refractivity contribution is 6.04. The predicted molar refractivity (Wildman–Crippen MR) is 43.8 cm³/mol. The fraction of sp³-hybridized carbons (Fsp3) is 0.778. The molecule has 1 fully saturated rings. The van der Waals surface area contributed by atoms with E-state index in [-0.39, 0.29) is 11.7 Å². The molecule has 0 atom stereocenters. The summed E-state index contributed by atoms with van der Waals surface area (Å²) in [5.41, 5.74) is -1.02. The molecule has 1 rings (SSSR count). The van der Waals surface area contributed by atoms with Crippen molar-refractivity contribution in [3.05, 3.63) is 0 Å². The number of hydrogen-bond donors (Lipinski definition) is 1. The normalized spacial score (nSPS) is 20.2. The van der Waals surface area contributed by atoms with Crippen LogP contribution in [0.2, 0.25) is 0 Å². The molecule has 1 aliphatic rings. The number of hydrogen-bond acceptors (Lipinski definition) is 2. The van der Waals surface area contributed by atoms with Crippen LogP contribution in [0.1, 0.15) is 33.1 Å². The summed E-state index contributed by atoms with van der Waals surface area (Å²) >= 11 is 0. The van der Waals surface area contributed by atoms with E-state index in [1.54, 1.807) is 13.8 Å². The van der Waals surface area contributed by atoms with Crippen LogP contribution in [0.15, 0.2) is 0 Å². The van der Waals surface area contributed by atoms with Gasteiger partial charge in [0.05, 0.1) is 0 Å². The van der Waals surface area contributed by atoms with Gasteiger partial charge in [-0.25, -0.2) is 0 Å². The summed E-state index contributed by atoms with van der Waals surface area (Å²) in [7, 11) is 0. The van der Waals surface area contributed by atoms with Gasteiger partial charge >= 0.3 is 5.97 Å². The number of carbonyl (C=O) groups is 2. The van der Waals surface area contributed by atoms with Crippen LogP contribution >= 0.6 is 0 Å². The molecule has 0 aliphatic heterocycles. The van der Waals surface area contributed by atoms with E-state index in [0.29, 0.717) is 12.8 Å². The minimum absolute atomic E-state index is 0.110. The Balaban J connectivity index is 2.81. The number of rotatable bonds is 3. The van der Waals surface area contributed by atoms with Crippen molar-refractivity contribution in [1.29, 1.82) is 0 Å². The van der Waals surface area contributed by atoms with Crippen molar-refractivity contribution in [2.45, 2.75) is 33.1 Å². The first-order chi connectivity index (χ1) is 5.50. The number of Topliss-reactive ketones (excluding diaryl/α,β-unsaturated/α-hetero) is 1. The summed E-state index contributed by atoms with van der Waals surface area (Å²) in [5, 5.41) is 8.88. The fourth-order valence-corrected chi connectivity index (χ4v) is 1.65. The molecule has 0 bridgehead atoms. The second kappa shape index (κ2) is 2.88. The molecule has 0 spiro atoms. The Morgan fingerprint density at radius 1 is 1.33 bits per heavy atom. The molecule has 3 heteroatoms. The van der Waals surface area contributed by atoms with Gasteiger partial charge in [-0.1, -0.05) is 20.3 Å². The summed E-state index contributed by atoms with van der Waals surface area (Å²) in [5.74, 6) is -1.21. The van der Waals surface area contributed by atoms with Crippen molar-refractivity contribution in [3.8, 4) is 0 Å². The molecular formula is C9H14O3. The summed E-state index contributed by atoms with van der Waals surface area (Å²) in [4.78, 5) is 22.3. The molecule has 0 aromatic heterocycles. The molecule has 0 aromatic rings. The molecule has 68 valence electrons. The highest BCUT2D eigenvalue weighted by Crippen LogP contribution is 2.43. The maximum absolute atomic E-state index is 11.5. The van der Waals surface area contributed by atoms with E-state index in [1.807, 2.05) is 0 Å². The van der Waals surface area contributed by atoms with Gasteiger partial charge in [0.2, 0.25) is 0 Å².